The zero-order valence-corrected chi connectivity index (χ0v) is 12.1. The molecule has 0 saturated carbocycles. The van der Waals surface area contributed by atoms with Crippen molar-refractivity contribution in [2.45, 2.75) is 6.42 Å². The summed E-state index contributed by atoms with van der Waals surface area (Å²) >= 11 is 13.3. The van der Waals surface area contributed by atoms with E-state index < -0.39 is 0 Å². The van der Waals surface area contributed by atoms with Crippen molar-refractivity contribution in [1.82, 2.24) is 10.3 Å². The number of thiazole rings is 1. The van der Waals surface area contributed by atoms with Crippen LogP contribution in [0.3, 0.4) is 0 Å². The molecule has 19 heavy (non-hydrogen) atoms. The second kappa shape index (κ2) is 6.75. The highest BCUT2D eigenvalue weighted by Crippen LogP contribution is 2.25. The molecule has 0 fully saturated rings. The minimum absolute atomic E-state index is 0.319. The molecule has 4 nitrogen and oxygen atoms in total. The third kappa shape index (κ3) is 4.38. The number of nitrogens with one attached hydrogen (secondary N) is 2. The summed E-state index contributed by atoms with van der Waals surface area (Å²) in [6.07, 6.45) is 2.44. The lowest BCUT2D eigenvalue weighted by molar-refractivity contribution is 0.252. The molecule has 0 saturated heterocycles. The van der Waals surface area contributed by atoms with Gasteiger partial charge >= 0.3 is 6.03 Å². The number of carbonyl (C=O) groups excluding carboxylic acids is 1. The molecule has 0 atom stereocenters. The Balaban J connectivity index is 1.82. The van der Waals surface area contributed by atoms with E-state index in [4.69, 9.17) is 23.2 Å². The number of hydrogen-bond acceptors (Lipinski definition) is 3. The normalized spacial score (nSPS) is 10.2. The van der Waals surface area contributed by atoms with Crippen LogP contribution in [-0.2, 0) is 6.42 Å². The summed E-state index contributed by atoms with van der Waals surface area (Å²) in [5.74, 6) is 0. The van der Waals surface area contributed by atoms with Crippen LogP contribution in [-0.4, -0.2) is 17.6 Å². The minimum Gasteiger partial charge on any atom is -0.337 e. The number of benzene rings is 1. The largest absolute Gasteiger partial charge is 0.337 e. The topological polar surface area (TPSA) is 54.0 Å². The van der Waals surface area contributed by atoms with Crippen LogP contribution in [0.2, 0.25) is 10.0 Å². The first-order chi connectivity index (χ1) is 9.15. The third-order valence-corrected chi connectivity index (χ3v) is 3.69. The molecule has 0 unspecified atom stereocenters. The second-order valence-corrected chi connectivity index (χ2v) is 5.50. The maximum absolute atomic E-state index is 11.7. The van der Waals surface area contributed by atoms with Crippen molar-refractivity contribution in [3.63, 3.8) is 0 Å². The van der Waals surface area contributed by atoms with Gasteiger partial charge < -0.3 is 10.6 Å². The summed E-state index contributed by atoms with van der Waals surface area (Å²) in [5.41, 5.74) is 0.487. The fourth-order valence-electron chi connectivity index (χ4n) is 1.42. The molecular weight excluding hydrogens is 305 g/mol. The predicted molar refractivity (Wildman–Crippen MR) is 79.3 cm³/mol. The lowest BCUT2D eigenvalue weighted by Gasteiger charge is -2.08. The molecule has 7 heteroatoms. The van der Waals surface area contributed by atoms with Gasteiger partial charge in [-0.25, -0.2) is 9.78 Å². The first kappa shape index (κ1) is 14.1. The molecule has 0 bridgehead atoms. The lowest BCUT2D eigenvalue weighted by atomic mass is 10.3. The Morgan fingerprint density at radius 1 is 1.37 bits per heavy atom. The smallest absolute Gasteiger partial charge is 0.319 e. The van der Waals surface area contributed by atoms with E-state index in [1.54, 1.807) is 35.7 Å². The number of nitrogens with zero attached hydrogens (tertiary/aromatic N) is 1. The monoisotopic (exact) mass is 315 g/mol. The number of hydrogen-bond donors (Lipinski definition) is 2. The van der Waals surface area contributed by atoms with Crippen LogP contribution in [0.15, 0.2) is 29.8 Å². The van der Waals surface area contributed by atoms with Crippen LogP contribution in [0.4, 0.5) is 10.5 Å². The molecule has 1 heterocycles. The molecule has 2 amide bonds. The molecular formula is C12H11Cl2N3OS. The quantitative estimate of drug-likeness (QED) is 0.901. The van der Waals surface area contributed by atoms with Gasteiger partial charge in [-0.15, -0.1) is 11.3 Å². The lowest BCUT2D eigenvalue weighted by Crippen LogP contribution is -2.30. The van der Waals surface area contributed by atoms with Gasteiger partial charge in [-0.1, -0.05) is 23.2 Å². The molecule has 0 aliphatic heterocycles. The van der Waals surface area contributed by atoms with Crippen molar-refractivity contribution in [2.24, 2.45) is 0 Å². The molecule has 0 spiro atoms. The van der Waals surface area contributed by atoms with E-state index in [1.165, 1.54) is 0 Å². The fraction of sp³-hybridized carbons (Fsp3) is 0.167. The summed E-state index contributed by atoms with van der Waals surface area (Å²) in [7, 11) is 0. The van der Waals surface area contributed by atoms with E-state index in [2.05, 4.69) is 15.6 Å². The summed E-state index contributed by atoms with van der Waals surface area (Å²) in [4.78, 5) is 15.8. The van der Waals surface area contributed by atoms with Gasteiger partial charge in [0.25, 0.3) is 0 Å². The summed E-state index contributed by atoms with van der Waals surface area (Å²) in [5, 5.41) is 9.23. The molecule has 100 valence electrons. The Bertz CT molecular complexity index is 560. The van der Waals surface area contributed by atoms with Crippen molar-refractivity contribution in [2.75, 3.05) is 11.9 Å². The zero-order valence-electron chi connectivity index (χ0n) is 9.82. The van der Waals surface area contributed by atoms with Gasteiger partial charge in [0.15, 0.2) is 0 Å². The van der Waals surface area contributed by atoms with Crippen molar-refractivity contribution in [3.8, 4) is 0 Å². The Hall–Kier alpha value is -1.30. The van der Waals surface area contributed by atoms with Crippen molar-refractivity contribution in [3.05, 3.63) is 44.8 Å². The van der Waals surface area contributed by atoms with Crippen LogP contribution < -0.4 is 10.6 Å². The first-order valence-electron chi connectivity index (χ1n) is 5.53. The average Bonchev–Trinajstić information content (AvgIpc) is 2.87. The number of halogens is 2. The number of amides is 2. The van der Waals surface area contributed by atoms with Crippen LogP contribution in [0, 0.1) is 0 Å². The summed E-state index contributed by atoms with van der Waals surface area (Å²) < 4.78 is 0. The SMILES string of the molecule is O=C(NCCc1nccs1)Nc1cc(Cl)ccc1Cl. The van der Waals surface area contributed by atoms with Crippen molar-refractivity contribution >= 4 is 46.3 Å². The van der Waals surface area contributed by atoms with Gasteiger partial charge in [-0.05, 0) is 18.2 Å². The predicted octanol–water partition coefficient (Wildman–Crippen LogP) is 3.81. The zero-order chi connectivity index (χ0) is 13.7. The number of rotatable bonds is 4. The van der Waals surface area contributed by atoms with E-state index in [-0.39, 0.29) is 6.03 Å². The first-order valence-corrected chi connectivity index (χ1v) is 7.17. The standard InChI is InChI=1S/C12H11Cl2N3OS/c13-8-1-2-9(14)10(7-8)17-12(18)16-4-3-11-15-5-6-19-11/h1-2,5-7H,3-4H2,(H2,16,17,18). The van der Waals surface area contributed by atoms with E-state index in [0.717, 1.165) is 5.01 Å². The Morgan fingerprint density at radius 2 is 2.21 bits per heavy atom. The molecule has 2 N–H and O–H groups in total. The summed E-state index contributed by atoms with van der Waals surface area (Å²) in [6, 6.07) is 4.58. The molecule has 1 aromatic heterocycles. The van der Waals surface area contributed by atoms with Gasteiger partial charge in [0.1, 0.15) is 0 Å². The highest BCUT2D eigenvalue weighted by Gasteiger charge is 2.06. The van der Waals surface area contributed by atoms with Crippen molar-refractivity contribution in [1.29, 1.82) is 0 Å². The van der Waals surface area contributed by atoms with Gasteiger partial charge in [-0.3, -0.25) is 0 Å². The van der Waals surface area contributed by atoms with Crippen LogP contribution in [0.25, 0.3) is 0 Å². The van der Waals surface area contributed by atoms with Gasteiger partial charge in [0.05, 0.1) is 15.7 Å². The van der Waals surface area contributed by atoms with E-state index in [1.807, 2.05) is 5.38 Å². The van der Waals surface area contributed by atoms with Crippen LogP contribution >= 0.6 is 34.5 Å². The second-order valence-electron chi connectivity index (χ2n) is 3.68. The van der Waals surface area contributed by atoms with Crippen LogP contribution in [0.1, 0.15) is 5.01 Å². The fourth-order valence-corrected chi connectivity index (χ4v) is 2.38. The maximum atomic E-state index is 11.7. The van der Waals surface area contributed by atoms with E-state index in [0.29, 0.717) is 28.7 Å². The minimum atomic E-state index is -0.319. The van der Waals surface area contributed by atoms with Gasteiger partial charge in [0, 0.05) is 29.6 Å². The Kier molecular flexibility index (Phi) is 5.01. The molecule has 0 aliphatic rings. The highest BCUT2D eigenvalue weighted by atomic mass is 35.5. The molecule has 0 radical (unpaired) electrons. The molecule has 2 aromatic rings. The molecule has 1 aromatic carbocycles. The number of urea groups is 1. The average molecular weight is 316 g/mol. The molecule has 0 aliphatic carbocycles. The highest BCUT2D eigenvalue weighted by molar-refractivity contribution is 7.09. The number of aromatic nitrogens is 1. The Labute approximate surface area is 124 Å². The number of carbonyl (C=O) groups is 1. The van der Waals surface area contributed by atoms with Crippen LogP contribution in [0.5, 0.6) is 0 Å². The third-order valence-electron chi connectivity index (χ3n) is 2.28. The summed E-state index contributed by atoms with van der Waals surface area (Å²) in [6.45, 7) is 0.511. The number of anilines is 1. The van der Waals surface area contributed by atoms with Crippen molar-refractivity contribution < 1.29 is 4.79 Å². The van der Waals surface area contributed by atoms with E-state index >= 15 is 0 Å². The van der Waals surface area contributed by atoms with E-state index in [9.17, 15) is 4.79 Å². The van der Waals surface area contributed by atoms with Gasteiger partial charge in [0.2, 0.25) is 0 Å². The Morgan fingerprint density at radius 3 is 2.95 bits per heavy atom. The van der Waals surface area contributed by atoms with Gasteiger partial charge in [-0.2, -0.15) is 0 Å². The molecule has 2 rings (SSSR count). The maximum Gasteiger partial charge on any atom is 0.319 e.